The fourth-order valence-electron chi connectivity index (χ4n) is 1.89. The van der Waals surface area contributed by atoms with Crippen molar-refractivity contribution < 1.29 is 0 Å². The van der Waals surface area contributed by atoms with Crippen molar-refractivity contribution >= 4 is 5.69 Å². The Kier molecular flexibility index (Phi) is 2.00. The third-order valence-electron chi connectivity index (χ3n) is 2.79. The van der Waals surface area contributed by atoms with Crippen molar-refractivity contribution in [3.63, 3.8) is 0 Å². The van der Waals surface area contributed by atoms with Gasteiger partial charge in [-0.15, -0.1) is 0 Å². The molecule has 1 heterocycles. The van der Waals surface area contributed by atoms with Crippen LogP contribution in [-0.4, -0.2) is 18.5 Å². The van der Waals surface area contributed by atoms with Crippen LogP contribution in [0.15, 0.2) is 12.1 Å². The molecule has 0 amide bonds. The number of nitrogens with two attached hydrogens (primary N) is 1. The second kappa shape index (κ2) is 3.04. The van der Waals surface area contributed by atoms with Gasteiger partial charge in [-0.2, -0.15) is 0 Å². The second-order valence-electron chi connectivity index (χ2n) is 3.97. The van der Waals surface area contributed by atoms with Crippen LogP contribution in [-0.2, 0) is 13.0 Å². The summed E-state index contributed by atoms with van der Waals surface area (Å²) in [4.78, 5) is 2.33. The number of likely N-dealkylation sites (N-methyl/N-ethyl adjacent to an activating group) is 1. The molecule has 0 spiro atoms. The Morgan fingerprint density at radius 3 is 2.85 bits per heavy atom. The molecule has 0 aliphatic carbocycles. The summed E-state index contributed by atoms with van der Waals surface area (Å²) in [5.41, 5.74) is 10.9. The van der Waals surface area contributed by atoms with Crippen molar-refractivity contribution in [2.24, 2.45) is 0 Å². The molecule has 0 fully saturated rings. The molecule has 2 rings (SSSR count). The maximum Gasteiger partial charge on any atom is 0.0347 e. The van der Waals surface area contributed by atoms with Crippen molar-refractivity contribution in [2.75, 3.05) is 19.3 Å². The summed E-state index contributed by atoms with van der Waals surface area (Å²) < 4.78 is 0. The fourth-order valence-corrected chi connectivity index (χ4v) is 1.89. The summed E-state index contributed by atoms with van der Waals surface area (Å²) >= 11 is 0. The number of aryl methyl sites for hydroxylation is 1. The summed E-state index contributed by atoms with van der Waals surface area (Å²) in [6.07, 6.45) is 1.16. The first-order valence-electron chi connectivity index (χ1n) is 4.73. The minimum Gasteiger partial charge on any atom is -0.399 e. The van der Waals surface area contributed by atoms with Gasteiger partial charge in [-0.1, -0.05) is 6.07 Å². The van der Waals surface area contributed by atoms with Gasteiger partial charge >= 0.3 is 0 Å². The predicted octanol–water partition coefficient (Wildman–Crippen LogP) is 1.57. The van der Waals surface area contributed by atoms with Crippen LogP contribution in [0.3, 0.4) is 0 Å². The molecule has 13 heavy (non-hydrogen) atoms. The number of hydrogen-bond acceptors (Lipinski definition) is 2. The van der Waals surface area contributed by atoms with E-state index >= 15 is 0 Å². The Hall–Kier alpha value is -1.02. The summed E-state index contributed by atoms with van der Waals surface area (Å²) in [6, 6.07) is 4.36. The fraction of sp³-hybridized carbons (Fsp3) is 0.455. The third kappa shape index (κ3) is 1.54. The lowest BCUT2D eigenvalue weighted by atomic mass is 9.97. The molecule has 0 unspecified atom stereocenters. The zero-order valence-corrected chi connectivity index (χ0v) is 8.30. The number of nitrogens with zero attached hydrogens (tertiary/aromatic N) is 1. The highest BCUT2D eigenvalue weighted by Gasteiger charge is 2.13. The van der Waals surface area contributed by atoms with Crippen LogP contribution in [0.2, 0.25) is 0 Å². The lowest BCUT2D eigenvalue weighted by Gasteiger charge is -2.25. The van der Waals surface area contributed by atoms with E-state index in [-0.39, 0.29) is 0 Å². The first-order valence-corrected chi connectivity index (χ1v) is 4.73. The highest BCUT2D eigenvalue weighted by molar-refractivity contribution is 5.52. The summed E-state index contributed by atoms with van der Waals surface area (Å²) in [5, 5.41) is 0. The molecule has 1 aliphatic heterocycles. The Bertz CT molecular complexity index is 331. The molecule has 0 saturated heterocycles. The van der Waals surface area contributed by atoms with Gasteiger partial charge in [0.25, 0.3) is 0 Å². The first-order chi connectivity index (χ1) is 6.16. The molecule has 2 heteroatoms. The van der Waals surface area contributed by atoms with Gasteiger partial charge in [-0.25, -0.2) is 0 Å². The van der Waals surface area contributed by atoms with Gasteiger partial charge in [-0.05, 0) is 43.1 Å². The maximum absolute atomic E-state index is 5.87. The van der Waals surface area contributed by atoms with E-state index in [1.807, 2.05) is 0 Å². The molecule has 0 saturated carbocycles. The van der Waals surface area contributed by atoms with Gasteiger partial charge in [0.05, 0.1) is 0 Å². The van der Waals surface area contributed by atoms with Crippen LogP contribution in [0, 0.1) is 6.92 Å². The third-order valence-corrected chi connectivity index (χ3v) is 2.79. The van der Waals surface area contributed by atoms with E-state index in [1.54, 1.807) is 0 Å². The topological polar surface area (TPSA) is 29.3 Å². The summed E-state index contributed by atoms with van der Waals surface area (Å²) in [5.74, 6) is 0. The highest BCUT2D eigenvalue weighted by atomic mass is 15.1. The first kappa shape index (κ1) is 8.57. The largest absolute Gasteiger partial charge is 0.399 e. The lowest BCUT2D eigenvalue weighted by Crippen LogP contribution is -2.26. The standard InChI is InChI=1S/C11H16N2/c1-8-5-9-3-4-13(2)7-10(9)6-11(8)12/h5-6H,3-4,7,12H2,1-2H3. The van der Waals surface area contributed by atoms with E-state index in [4.69, 9.17) is 5.73 Å². The zero-order chi connectivity index (χ0) is 9.42. The minimum absolute atomic E-state index is 0.925. The van der Waals surface area contributed by atoms with E-state index < -0.39 is 0 Å². The maximum atomic E-state index is 5.87. The number of benzene rings is 1. The molecule has 0 bridgehead atoms. The molecule has 1 aromatic rings. The summed E-state index contributed by atoms with van der Waals surface area (Å²) in [7, 11) is 2.15. The monoisotopic (exact) mass is 176 g/mol. The molecule has 1 aromatic carbocycles. The minimum atomic E-state index is 0.925. The number of hydrogen-bond donors (Lipinski definition) is 1. The van der Waals surface area contributed by atoms with E-state index in [0.717, 1.165) is 25.2 Å². The van der Waals surface area contributed by atoms with Crippen LogP contribution in [0.1, 0.15) is 16.7 Å². The quantitative estimate of drug-likeness (QED) is 0.608. The van der Waals surface area contributed by atoms with Gasteiger partial charge in [0.2, 0.25) is 0 Å². The van der Waals surface area contributed by atoms with Crippen LogP contribution in [0.5, 0.6) is 0 Å². The average molecular weight is 176 g/mol. The smallest absolute Gasteiger partial charge is 0.0347 e. The molecular formula is C11H16N2. The summed E-state index contributed by atoms with van der Waals surface area (Å²) in [6.45, 7) is 4.28. The van der Waals surface area contributed by atoms with Crippen molar-refractivity contribution in [3.8, 4) is 0 Å². The highest BCUT2D eigenvalue weighted by Crippen LogP contribution is 2.23. The number of rotatable bonds is 0. The van der Waals surface area contributed by atoms with Crippen molar-refractivity contribution in [1.29, 1.82) is 0 Å². The van der Waals surface area contributed by atoms with Gasteiger partial charge < -0.3 is 10.6 Å². The van der Waals surface area contributed by atoms with Crippen molar-refractivity contribution in [2.45, 2.75) is 19.9 Å². The molecule has 1 aliphatic rings. The van der Waals surface area contributed by atoms with Crippen LogP contribution >= 0.6 is 0 Å². The van der Waals surface area contributed by atoms with E-state index in [0.29, 0.717) is 0 Å². The Balaban J connectivity index is 2.43. The average Bonchev–Trinajstić information content (AvgIpc) is 2.08. The van der Waals surface area contributed by atoms with Crippen LogP contribution < -0.4 is 5.73 Å². The predicted molar refractivity (Wildman–Crippen MR) is 55.6 cm³/mol. The second-order valence-corrected chi connectivity index (χ2v) is 3.97. The molecule has 2 N–H and O–H groups in total. The molecule has 2 nitrogen and oxygen atoms in total. The number of nitrogen functional groups attached to an aromatic ring is 1. The molecule has 0 radical (unpaired) electrons. The van der Waals surface area contributed by atoms with Gasteiger partial charge in [0, 0.05) is 18.8 Å². The van der Waals surface area contributed by atoms with E-state index in [2.05, 4.69) is 31.0 Å². The van der Waals surface area contributed by atoms with Crippen molar-refractivity contribution in [3.05, 3.63) is 28.8 Å². The molecular weight excluding hydrogens is 160 g/mol. The number of fused-ring (bicyclic) bond motifs is 1. The lowest BCUT2D eigenvalue weighted by molar-refractivity contribution is 0.313. The van der Waals surface area contributed by atoms with Gasteiger partial charge in [0.1, 0.15) is 0 Å². The van der Waals surface area contributed by atoms with Crippen LogP contribution in [0.4, 0.5) is 5.69 Å². The van der Waals surface area contributed by atoms with Crippen LogP contribution in [0.25, 0.3) is 0 Å². The zero-order valence-electron chi connectivity index (χ0n) is 8.30. The number of anilines is 1. The normalized spacial score (nSPS) is 17.1. The van der Waals surface area contributed by atoms with Crippen molar-refractivity contribution in [1.82, 2.24) is 4.90 Å². The Morgan fingerprint density at radius 2 is 2.08 bits per heavy atom. The molecule has 0 aromatic heterocycles. The van der Waals surface area contributed by atoms with E-state index in [1.165, 1.54) is 16.7 Å². The SMILES string of the molecule is Cc1cc2c(cc1N)CN(C)CC2. The Labute approximate surface area is 79.4 Å². The Morgan fingerprint density at radius 1 is 1.31 bits per heavy atom. The molecule has 0 atom stereocenters. The van der Waals surface area contributed by atoms with E-state index in [9.17, 15) is 0 Å². The van der Waals surface area contributed by atoms with Gasteiger partial charge in [0.15, 0.2) is 0 Å². The molecule has 70 valence electrons. The van der Waals surface area contributed by atoms with Gasteiger partial charge in [-0.3, -0.25) is 0 Å².